The summed E-state index contributed by atoms with van der Waals surface area (Å²) in [6.07, 6.45) is 0. The highest BCUT2D eigenvalue weighted by Crippen LogP contribution is 2.28. The van der Waals surface area contributed by atoms with Crippen molar-refractivity contribution < 1.29 is 19.0 Å². The van der Waals surface area contributed by atoms with Crippen LogP contribution in [0.25, 0.3) is 4.98 Å². The normalized spacial score (nSPS) is 13.0. The van der Waals surface area contributed by atoms with Crippen molar-refractivity contribution in [2.45, 2.75) is 32.4 Å². The van der Waals surface area contributed by atoms with Gasteiger partial charge in [0.15, 0.2) is 11.0 Å². The van der Waals surface area contributed by atoms with E-state index in [1.807, 2.05) is 19.0 Å². The minimum absolute atomic E-state index is 0.310. The second-order valence-corrected chi connectivity index (χ2v) is 7.90. The first kappa shape index (κ1) is 22.7. The van der Waals surface area contributed by atoms with E-state index in [4.69, 9.17) is 4.74 Å². The fourth-order valence-electron chi connectivity index (χ4n) is 2.66. The van der Waals surface area contributed by atoms with Gasteiger partial charge in [0.25, 0.3) is 5.91 Å². The van der Waals surface area contributed by atoms with Gasteiger partial charge in [-0.05, 0) is 62.7 Å². The van der Waals surface area contributed by atoms with Gasteiger partial charge in [-0.25, -0.2) is 4.39 Å². The lowest BCUT2D eigenvalue weighted by Gasteiger charge is -2.20. The average Bonchev–Trinajstić information content (AvgIpc) is 2.67. The third kappa shape index (κ3) is 5.95. The van der Waals surface area contributed by atoms with Crippen LogP contribution in [0.1, 0.15) is 42.7 Å². The molecule has 0 bridgehead atoms. The number of ether oxygens (including phenoxy) is 1. The van der Waals surface area contributed by atoms with Gasteiger partial charge >= 0.3 is 11.6 Å². The molecule has 0 aromatic heterocycles. The molecule has 30 heavy (non-hydrogen) atoms. The molecule has 0 heterocycles. The summed E-state index contributed by atoms with van der Waals surface area (Å²) in [7, 11) is 3.77. The van der Waals surface area contributed by atoms with Crippen LogP contribution >= 0.6 is 0 Å². The molecule has 0 aliphatic heterocycles. The lowest BCUT2D eigenvalue weighted by atomic mass is 10.0. The highest BCUT2D eigenvalue weighted by Gasteiger charge is 2.37. The van der Waals surface area contributed by atoms with Crippen molar-refractivity contribution in [1.82, 2.24) is 5.32 Å². The molecule has 0 saturated carbocycles. The van der Waals surface area contributed by atoms with Crippen molar-refractivity contribution in [1.29, 1.82) is 5.39 Å². The number of halogens is 1. The maximum absolute atomic E-state index is 13.4. The number of carbonyl (C=O) groups excluding carboxylic acids is 1. The number of hydrogen-bond donors (Lipinski definition) is 2. The van der Waals surface area contributed by atoms with Gasteiger partial charge in [-0.3, -0.25) is 4.79 Å². The Morgan fingerprint density at radius 1 is 1.13 bits per heavy atom. The van der Waals surface area contributed by atoms with E-state index in [-0.39, 0.29) is 5.70 Å². The second kappa shape index (κ2) is 9.27. The first-order valence-electron chi connectivity index (χ1n) is 9.33. The Morgan fingerprint density at radius 2 is 1.70 bits per heavy atom. The standard InChI is InChI=1S/C22H25FN4O3/c1-22(2,3)30-21(29)19(26-24)18(14-6-10-16(23)11-7-14)25-20(28)15-8-12-17(13-9-15)27(4)5/h6-13,18H,1-5H3,(H-,25,28,29)/p+1/b21-19+/t18-/m0/s1. The van der Waals surface area contributed by atoms with Crippen molar-refractivity contribution in [3.05, 3.63) is 82.1 Å². The molecule has 158 valence electrons. The Morgan fingerprint density at radius 3 is 2.17 bits per heavy atom. The highest BCUT2D eigenvalue weighted by atomic mass is 19.1. The number of carbonyl (C=O) groups is 1. The summed E-state index contributed by atoms with van der Waals surface area (Å²) >= 11 is 0. The molecule has 7 nitrogen and oxygen atoms in total. The van der Waals surface area contributed by atoms with Crippen molar-refractivity contribution in [2.24, 2.45) is 0 Å². The van der Waals surface area contributed by atoms with E-state index in [2.05, 4.69) is 10.3 Å². The molecule has 0 aliphatic rings. The predicted octanol–water partition coefficient (Wildman–Crippen LogP) is 4.76. The minimum Gasteiger partial charge on any atom is -0.475 e. The largest absolute Gasteiger partial charge is 0.475 e. The van der Waals surface area contributed by atoms with Crippen LogP contribution in [0, 0.1) is 11.2 Å². The van der Waals surface area contributed by atoms with Crippen LogP contribution in [0.3, 0.4) is 0 Å². The molecule has 2 aromatic carbocycles. The molecule has 2 aromatic rings. The zero-order valence-electron chi connectivity index (χ0n) is 17.7. The zero-order chi connectivity index (χ0) is 22.5. The zero-order valence-corrected chi connectivity index (χ0v) is 17.7. The molecule has 1 atom stereocenters. The predicted molar refractivity (Wildman–Crippen MR) is 113 cm³/mol. The number of anilines is 1. The van der Waals surface area contributed by atoms with Gasteiger partial charge in [-0.15, -0.1) is 0 Å². The Bertz CT molecular complexity index is 956. The Labute approximate surface area is 175 Å². The molecule has 8 heteroatoms. The quantitative estimate of drug-likeness (QED) is 0.526. The third-order valence-electron chi connectivity index (χ3n) is 4.13. The first-order valence-corrected chi connectivity index (χ1v) is 9.33. The van der Waals surface area contributed by atoms with E-state index < -0.39 is 29.3 Å². The summed E-state index contributed by atoms with van der Waals surface area (Å²) in [4.78, 5) is 17.9. The van der Waals surface area contributed by atoms with Gasteiger partial charge in [-0.2, -0.15) is 0 Å². The van der Waals surface area contributed by atoms with Gasteiger partial charge in [0.1, 0.15) is 11.4 Å². The van der Waals surface area contributed by atoms with Crippen LogP contribution < -0.4 is 10.2 Å². The van der Waals surface area contributed by atoms with E-state index in [9.17, 15) is 19.7 Å². The summed E-state index contributed by atoms with van der Waals surface area (Å²) in [6, 6.07) is 11.0. The second-order valence-electron chi connectivity index (χ2n) is 7.90. The summed E-state index contributed by atoms with van der Waals surface area (Å²) in [6.45, 7) is 5.11. The fourth-order valence-corrected chi connectivity index (χ4v) is 2.66. The van der Waals surface area contributed by atoms with Crippen LogP contribution in [0.2, 0.25) is 0 Å². The summed E-state index contributed by atoms with van der Waals surface area (Å²) in [5, 5.41) is 22.7. The maximum atomic E-state index is 13.4. The molecular weight excluding hydrogens is 387 g/mol. The number of amides is 1. The molecular formula is C22H26FN4O3+. The smallest absolute Gasteiger partial charge is 0.466 e. The Kier molecular flexibility index (Phi) is 7.01. The van der Waals surface area contributed by atoms with Crippen molar-refractivity contribution >= 4 is 11.6 Å². The molecule has 2 rings (SSSR count). The van der Waals surface area contributed by atoms with E-state index in [1.54, 1.807) is 45.0 Å². The van der Waals surface area contributed by atoms with Gasteiger partial charge in [-0.1, -0.05) is 12.1 Å². The lowest BCUT2D eigenvalue weighted by Crippen LogP contribution is -2.31. The molecule has 2 N–H and O–H groups in total. The van der Waals surface area contributed by atoms with Crippen LogP contribution in [0.4, 0.5) is 10.1 Å². The third-order valence-corrected chi connectivity index (χ3v) is 4.13. The summed E-state index contributed by atoms with van der Waals surface area (Å²) in [5.74, 6) is -1.59. The van der Waals surface area contributed by atoms with Gasteiger partial charge in [0.2, 0.25) is 5.39 Å². The molecule has 0 fully saturated rings. The maximum Gasteiger partial charge on any atom is 0.466 e. The SMILES string of the molecule is CN(C)c1ccc(C(=O)N[C@H](/C([N+]#N)=C(/O)OC(C)(C)C)c2ccc(F)cc2)cc1. The molecule has 0 unspecified atom stereocenters. The van der Waals surface area contributed by atoms with E-state index in [0.29, 0.717) is 11.1 Å². The monoisotopic (exact) mass is 413 g/mol. The number of benzene rings is 2. The number of aliphatic hydroxyl groups excluding tert-OH is 1. The number of rotatable bonds is 6. The summed E-state index contributed by atoms with van der Waals surface area (Å²) < 4.78 is 18.8. The first-order chi connectivity index (χ1) is 14.0. The number of nitrogens with zero attached hydrogens (tertiary/aromatic N) is 3. The van der Waals surface area contributed by atoms with E-state index in [0.717, 1.165) is 5.69 Å². The van der Waals surface area contributed by atoms with Gasteiger partial charge < -0.3 is 20.1 Å². The molecule has 0 radical (unpaired) electrons. The van der Waals surface area contributed by atoms with Gasteiger partial charge in [0, 0.05) is 25.3 Å². The lowest BCUT2D eigenvalue weighted by molar-refractivity contribution is -0.0177. The van der Waals surface area contributed by atoms with Crippen molar-refractivity contribution in [2.75, 3.05) is 19.0 Å². The van der Waals surface area contributed by atoms with Crippen molar-refractivity contribution in [3.63, 3.8) is 0 Å². The molecule has 0 spiro atoms. The minimum atomic E-state index is -1.08. The van der Waals surface area contributed by atoms with Crippen LogP contribution in [-0.4, -0.2) is 30.7 Å². The number of hydrogen-bond acceptors (Lipinski definition) is 5. The summed E-state index contributed by atoms with van der Waals surface area (Å²) in [5.41, 5.74) is 0.589. The van der Waals surface area contributed by atoms with Crippen LogP contribution in [-0.2, 0) is 4.74 Å². The van der Waals surface area contributed by atoms with E-state index >= 15 is 0 Å². The average molecular weight is 413 g/mol. The molecule has 0 aliphatic carbocycles. The van der Waals surface area contributed by atoms with Crippen LogP contribution in [0.15, 0.2) is 60.2 Å². The van der Waals surface area contributed by atoms with Crippen molar-refractivity contribution in [3.8, 4) is 0 Å². The number of nitrogens with one attached hydrogen (secondary N) is 1. The number of diazo groups is 1. The number of aliphatic hydroxyl groups is 1. The fraction of sp³-hybridized carbons (Fsp3) is 0.318. The molecule has 1 amide bonds. The van der Waals surface area contributed by atoms with Gasteiger partial charge in [0.05, 0.1) is 0 Å². The topological polar surface area (TPSA) is 90.0 Å². The Balaban J connectivity index is 2.43. The van der Waals surface area contributed by atoms with Crippen LogP contribution in [0.5, 0.6) is 0 Å². The highest BCUT2D eigenvalue weighted by molar-refractivity contribution is 5.95. The van der Waals surface area contributed by atoms with E-state index in [1.165, 1.54) is 24.3 Å². The Hall–Kier alpha value is -3.60. The molecule has 0 saturated heterocycles.